The van der Waals surface area contributed by atoms with Crippen molar-refractivity contribution in [1.29, 1.82) is 0 Å². The molecule has 4 rings (SSSR count). The Kier molecular flexibility index (Phi) is 5.72. The van der Waals surface area contributed by atoms with Crippen molar-refractivity contribution in [3.05, 3.63) is 64.5 Å². The molecule has 1 aliphatic rings. The Morgan fingerprint density at radius 3 is 2.48 bits per heavy atom. The highest BCUT2D eigenvalue weighted by molar-refractivity contribution is 7.91. The number of anilines is 1. The molecule has 3 aromatic rings. The fourth-order valence-electron chi connectivity index (χ4n) is 3.14. The lowest BCUT2D eigenvalue weighted by atomic mass is 10.3. The van der Waals surface area contributed by atoms with E-state index < -0.39 is 9.84 Å². The zero-order chi connectivity index (χ0) is 20.4. The predicted octanol–water partition coefficient (Wildman–Crippen LogP) is 4.99. The maximum absolute atomic E-state index is 13.2. The van der Waals surface area contributed by atoms with Gasteiger partial charge < -0.3 is 14.1 Å². The van der Waals surface area contributed by atoms with Crippen molar-refractivity contribution in [1.82, 2.24) is 4.98 Å². The lowest BCUT2D eigenvalue weighted by Crippen LogP contribution is -2.19. The van der Waals surface area contributed by atoms with E-state index in [1.165, 1.54) is 0 Å². The van der Waals surface area contributed by atoms with E-state index in [1.807, 2.05) is 4.90 Å². The number of sulfone groups is 1. The predicted molar refractivity (Wildman–Crippen MR) is 111 cm³/mol. The number of nitrogens with zero attached hydrogens (tertiary/aromatic N) is 2. The van der Waals surface area contributed by atoms with Gasteiger partial charge in [-0.3, -0.25) is 0 Å². The molecule has 0 spiro atoms. The second-order valence-electron chi connectivity index (χ2n) is 6.59. The number of hydrogen-bond acceptors (Lipinski definition) is 6. The number of hydrogen-bond donors (Lipinski definition) is 0. The fraction of sp³-hybridized carbons (Fsp3) is 0.250. The van der Waals surface area contributed by atoms with Crippen LogP contribution in [-0.2, 0) is 16.4 Å². The van der Waals surface area contributed by atoms with Gasteiger partial charge in [0.2, 0.25) is 26.6 Å². The third-order valence-electron chi connectivity index (χ3n) is 4.57. The second kappa shape index (κ2) is 8.26. The van der Waals surface area contributed by atoms with Gasteiger partial charge in [-0.05, 0) is 43.2 Å². The number of rotatable bonds is 6. The van der Waals surface area contributed by atoms with Gasteiger partial charge in [0.1, 0.15) is 5.75 Å². The van der Waals surface area contributed by atoms with E-state index in [4.69, 9.17) is 32.4 Å². The smallest absolute Gasteiger partial charge is 0.236 e. The number of benzene rings is 2. The lowest BCUT2D eigenvalue weighted by Gasteiger charge is -2.14. The normalized spacial score (nSPS) is 14.3. The Bertz CT molecular complexity index is 1110. The van der Waals surface area contributed by atoms with Crippen LogP contribution in [0.5, 0.6) is 5.75 Å². The standard InChI is InChI=1S/C20H18Cl2N2O4S/c21-14-8-9-17(16(22)12-14)27-13-18-23-19(20(28-18)24-10-4-5-11-24)29(25,26)15-6-2-1-3-7-15/h1-3,6-9,12H,4-5,10-11,13H2. The molecule has 0 saturated carbocycles. The molecule has 1 saturated heterocycles. The molecule has 2 aromatic carbocycles. The zero-order valence-corrected chi connectivity index (χ0v) is 17.7. The van der Waals surface area contributed by atoms with Crippen LogP contribution in [0.3, 0.4) is 0 Å². The van der Waals surface area contributed by atoms with Crippen molar-refractivity contribution >= 4 is 38.9 Å². The van der Waals surface area contributed by atoms with Crippen molar-refractivity contribution in [2.45, 2.75) is 29.4 Å². The average molecular weight is 453 g/mol. The van der Waals surface area contributed by atoms with E-state index in [-0.39, 0.29) is 28.3 Å². The van der Waals surface area contributed by atoms with E-state index in [9.17, 15) is 8.42 Å². The Labute approximate surface area is 178 Å². The molecular weight excluding hydrogens is 435 g/mol. The molecule has 0 atom stereocenters. The second-order valence-corrected chi connectivity index (χ2v) is 9.30. The van der Waals surface area contributed by atoms with Gasteiger partial charge in [-0.1, -0.05) is 41.4 Å². The maximum Gasteiger partial charge on any atom is 0.236 e. The van der Waals surface area contributed by atoms with Crippen LogP contribution in [0.2, 0.25) is 10.0 Å². The van der Waals surface area contributed by atoms with Gasteiger partial charge in [-0.15, -0.1) is 0 Å². The van der Waals surface area contributed by atoms with Gasteiger partial charge in [0.15, 0.2) is 6.61 Å². The van der Waals surface area contributed by atoms with Crippen LogP contribution < -0.4 is 9.64 Å². The fourth-order valence-corrected chi connectivity index (χ4v) is 4.96. The summed E-state index contributed by atoms with van der Waals surface area (Å²) in [6.45, 7) is 1.37. The van der Waals surface area contributed by atoms with E-state index in [2.05, 4.69) is 4.98 Å². The molecule has 0 N–H and O–H groups in total. The quantitative estimate of drug-likeness (QED) is 0.524. The first-order valence-corrected chi connectivity index (χ1v) is 11.3. The van der Waals surface area contributed by atoms with Crippen molar-refractivity contribution in [3.8, 4) is 5.75 Å². The molecule has 0 amide bonds. The Morgan fingerprint density at radius 2 is 1.79 bits per heavy atom. The Balaban J connectivity index is 1.67. The summed E-state index contributed by atoms with van der Waals surface area (Å²) in [6.07, 6.45) is 1.94. The number of aromatic nitrogens is 1. The van der Waals surface area contributed by atoms with Gasteiger partial charge in [-0.25, -0.2) is 8.42 Å². The minimum Gasteiger partial charge on any atom is -0.482 e. The van der Waals surface area contributed by atoms with Crippen LogP contribution in [0.25, 0.3) is 0 Å². The first-order valence-electron chi connectivity index (χ1n) is 9.08. The molecule has 0 radical (unpaired) electrons. The van der Waals surface area contributed by atoms with Gasteiger partial charge in [0.25, 0.3) is 0 Å². The van der Waals surface area contributed by atoms with Gasteiger partial charge in [0.05, 0.1) is 9.92 Å². The SMILES string of the molecule is O=S(=O)(c1ccccc1)c1nc(COc2ccc(Cl)cc2Cl)oc1N1CCCC1. The molecule has 152 valence electrons. The number of oxazole rings is 1. The first kappa shape index (κ1) is 20.1. The molecule has 2 heterocycles. The zero-order valence-electron chi connectivity index (χ0n) is 15.3. The van der Waals surface area contributed by atoms with Gasteiger partial charge in [0, 0.05) is 18.1 Å². The first-order chi connectivity index (χ1) is 13.9. The van der Waals surface area contributed by atoms with E-state index in [0.29, 0.717) is 15.8 Å². The molecule has 6 nitrogen and oxygen atoms in total. The van der Waals surface area contributed by atoms with Crippen molar-refractivity contribution in [2.24, 2.45) is 0 Å². The van der Waals surface area contributed by atoms with E-state index in [1.54, 1.807) is 48.5 Å². The van der Waals surface area contributed by atoms with Gasteiger partial charge in [-0.2, -0.15) is 4.98 Å². The summed E-state index contributed by atoms with van der Waals surface area (Å²) < 4.78 is 37.8. The summed E-state index contributed by atoms with van der Waals surface area (Å²) in [6, 6.07) is 13.1. The van der Waals surface area contributed by atoms with Gasteiger partial charge >= 0.3 is 0 Å². The van der Waals surface area contributed by atoms with Crippen molar-refractivity contribution < 1.29 is 17.6 Å². The Hall–Kier alpha value is -2.22. The largest absolute Gasteiger partial charge is 0.482 e. The molecule has 0 aliphatic carbocycles. The summed E-state index contributed by atoms with van der Waals surface area (Å²) in [5, 5.41) is 0.749. The molecular formula is C20H18Cl2N2O4S. The number of ether oxygens (including phenoxy) is 1. The van der Waals surface area contributed by atoms with E-state index >= 15 is 0 Å². The molecule has 9 heteroatoms. The highest BCUT2D eigenvalue weighted by Gasteiger charge is 2.32. The third-order valence-corrected chi connectivity index (χ3v) is 6.77. The topological polar surface area (TPSA) is 72.6 Å². The summed E-state index contributed by atoms with van der Waals surface area (Å²) in [7, 11) is -3.83. The highest BCUT2D eigenvalue weighted by Crippen LogP contribution is 2.34. The van der Waals surface area contributed by atoms with Crippen LogP contribution in [0, 0.1) is 0 Å². The molecule has 1 fully saturated rings. The third kappa shape index (κ3) is 4.22. The minimum atomic E-state index is -3.83. The van der Waals surface area contributed by atoms with Crippen LogP contribution in [0.1, 0.15) is 18.7 Å². The molecule has 1 aliphatic heterocycles. The summed E-state index contributed by atoms with van der Waals surface area (Å²) >= 11 is 12.0. The molecule has 0 unspecified atom stereocenters. The van der Waals surface area contributed by atoms with Crippen LogP contribution >= 0.6 is 23.2 Å². The van der Waals surface area contributed by atoms with Crippen LogP contribution in [0.4, 0.5) is 5.88 Å². The minimum absolute atomic E-state index is 0.0630. The lowest BCUT2D eigenvalue weighted by molar-refractivity contribution is 0.264. The molecule has 0 bridgehead atoms. The van der Waals surface area contributed by atoms with Crippen molar-refractivity contribution in [2.75, 3.05) is 18.0 Å². The number of halogens is 2. The van der Waals surface area contributed by atoms with Crippen LogP contribution in [0.15, 0.2) is 62.9 Å². The van der Waals surface area contributed by atoms with E-state index in [0.717, 1.165) is 25.9 Å². The summed E-state index contributed by atoms with van der Waals surface area (Å²) in [5.74, 6) is 0.823. The molecule has 29 heavy (non-hydrogen) atoms. The summed E-state index contributed by atoms with van der Waals surface area (Å²) in [4.78, 5) is 6.35. The molecule has 1 aromatic heterocycles. The summed E-state index contributed by atoms with van der Waals surface area (Å²) in [5.41, 5.74) is 0. The van der Waals surface area contributed by atoms with Crippen LogP contribution in [-0.4, -0.2) is 26.5 Å². The monoisotopic (exact) mass is 452 g/mol. The average Bonchev–Trinajstić information content (AvgIpc) is 3.38. The maximum atomic E-state index is 13.2. The Morgan fingerprint density at radius 1 is 1.07 bits per heavy atom. The van der Waals surface area contributed by atoms with Crippen molar-refractivity contribution in [3.63, 3.8) is 0 Å². The highest BCUT2D eigenvalue weighted by atomic mass is 35.5.